The van der Waals surface area contributed by atoms with E-state index in [1.807, 2.05) is 19.2 Å². The van der Waals surface area contributed by atoms with E-state index in [4.69, 9.17) is 18.0 Å². The number of anilines is 1. The zero-order valence-electron chi connectivity index (χ0n) is 10.4. The molecule has 1 saturated carbocycles. The predicted molar refractivity (Wildman–Crippen MR) is 75.5 cm³/mol. The fourth-order valence-electron chi connectivity index (χ4n) is 2.29. The van der Waals surface area contributed by atoms with Gasteiger partial charge in [-0.2, -0.15) is 0 Å². The summed E-state index contributed by atoms with van der Waals surface area (Å²) in [4.78, 5) is 7.05. The molecule has 0 atom stereocenters. The van der Waals surface area contributed by atoms with Crippen molar-refractivity contribution in [3.05, 3.63) is 23.4 Å². The summed E-state index contributed by atoms with van der Waals surface area (Å²) in [5.74, 6) is 1.73. The third-order valence-electron chi connectivity index (χ3n) is 3.50. The van der Waals surface area contributed by atoms with Gasteiger partial charge in [0.2, 0.25) is 0 Å². The highest BCUT2D eigenvalue weighted by Crippen LogP contribution is 2.29. The number of thiocarbonyl (C=S) groups is 1. The van der Waals surface area contributed by atoms with Crippen LogP contribution in [0.1, 0.15) is 30.4 Å². The van der Waals surface area contributed by atoms with E-state index in [0.717, 1.165) is 29.4 Å². The van der Waals surface area contributed by atoms with Gasteiger partial charge in [0.1, 0.15) is 10.8 Å². The van der Waals surface area contributed by atoms with Gasteiger partial charge in [0, 0.05) is 19.8 Å². The maximum absolute atomic E-state index is 5.80. The minimum Gasteiger partial charge on any atom is -0.389 e. The van der Waals surface area contributed by atoms with Crippen LogP contribution in [0.3, 0.4) is 0 Å². The molecule has 1 aliphatic carbocycles. The van der Waals surface area contributed by atoms with Crippen LogP contribution >= 0.6 is 12.2 Å². The van der Waals surface area contributed by atoms with E-state index in [1.54, 1.807) is 0 Å². The molecule has 17 heavy (non-hydrogen) atoms. The molecule has 1 fully saturated rings. The molecule has 1 aliphatic rings. The van der Waals surface area contributed by atoms with Crippen LogP contribution in [0.15, 0.2) is 12.3 Å². The first kappa shape index (κ1) is 12.3. The number of aromatic nitrogens is 1. The average Bonchev–Trinajstić information content (AvgIpc) is 2.22. The Kier molecular flexibility index (Phi) is 3.62. The van der Waals surface area contributed by atoms with Crippen LogP contribution in [0.25, 0.3) is 0 Å². The summed E-state index contributed by atoms with van der Waals surface area (Å²) in [7, 11) is 2.07. The second kappa shape index (κ2) is 5.00. The van der Waals surface area contributed by atoms with E-state index in [0.29, 0.717) is 4.99 Å². The van der Waals surface area contributed by atoms with Crippen molar-refractivity contribution in [2.75, 3.05) is 18.5 Å². The van der Waals surface area contributed by atoms with E-state index in [9.17, 15) is 0 Å². The molecule has 0 spiro atoms. The van der Waals surface area contributed by atoms with Crippen molar-refractivity contribution in [1.29, 1.82) is 0 Å². The van der Waals surface area contributed by atoms with E-state index in [-0.39, 0.29) is 0 Å². The maximum atomic E-state index is 5.80. The number of aryl methyl sites for hydroxylation is 1. The van der Waals surface area contributed by atoms with Gasteiger partial charge in [0.25, 0.3) is 0 Å². The van der Waals surface area contributed by atoms with Crippen LogP contribution in [0, 0.1) is 12.8 Å². The van der Waals surface area contributed by atoms with Crippen molar-refractivity contribution in [1.82, 2.24) is 4.98 Å². The number of hydrogen-bond donors (Lipinski definition) is 1. The minimum absolute atomic E-state index is 0.436. The quantitative estimate of drug-likeness (QED) is 0.831. The molecule has 2 rings (SSSR count). The number of pyridine rings is 1. The summed E-state index contributed by atoms with van der Waals surface area (Å²) < 4.78 is 0. The molecule has 1 aromatic heterocycles. The molecule has 2 N–H and O–H groups in total. The molecule has 0 unspecified atom stereocenters. The van der Waals surface area contributed by atoms with Gasteiger partial charge in [-0.05, 0) is 37.3 Å². The molecule has 4 heteroatoms. The molecule has 0 saturated heterocycles. The predicted octanol–water partition coefficient (Wildman–Crippen LogP) is 2.26. The molecule has 0 aromatic carbocycles. The van der Waals surface area contributed by atoms with Crippen molar-refractivity contribution >= 4 is 23.0 Å². The Labute approximate surface area is 108 Å². The Morgan fingerprint density at radius 2 is 2.29 bits per heavy atom. The molecule has 0 radical (unpaired) electrons. The molecule has 0 amide bonds. The summed E-state index contributed by atoms with van der Waals surface area (Å²) in [5, 5.41) is 0. The lowest BCUT2D eigenvalue weighted by atomic mass is 9.85. The first-order chi connectivity index (χ1) is 8.09. The third kappa shape index (κ3) is 2.57. The topological polar surface area (TPSA) is 42.2 Å². The van der Waals surface area contributed by atoms with Crippen LogP contribution in [0.5, 0.6) is 0 Å². The zero-order chi connectivity index (χ0) is 12.4. The Hall–Kier alpha value is -1.16. The second-order valence-electron chi connectivity index (χ2n) is 4.87. The number of hydrogen-bond acceptors (Lipinski definition) is 3. The van der Waals surface area contributed by atoms with Crippen molar-refractivity contribution in [2.24, 2.45) is 11.7 Å². The number of nitrogens with two attached hydrogens (primary N) is 1. The van der Waals surface area contributed by atoms with Gasteiger partial charge in [-0.25, -0.2) is 4.98 Å². The summed E-state index contributed by atoms with van der Waals surface area (Å²) in [6, 6.07) is 1.95. The Morgan fingerprint density at radius 3 is 2.82 bits per heavy atom. The number of rotatable bonds is 4. The summed E-state index contributed by atoms with van der Waals surface area (Å²) in [5.41, 5.74) is 7.82. The molecule has 0 bridgehead atoms. The standard InChI is InChI=1S/C13H19N3S/c1-9-6-7-15-13(11(9)12(14)17)16(2)8-10-4-3-5-10/h6-7,10H,3-5,8H2,1-2H3,(H2,14,17). The van der Waals surface area contributed by atoms with Crippen molar-refractivity contribution in [3.8, 4) is 0 Å². The van der Waals surface area contributed by atoms with Crippen LogP contribution < -0.4 is 10.6 Å². The maximum Gasteiger partial charge on any atom is 0.138 e. The Morgan fingerprint density at radius 1 is 1.59 bits per heavy atom. The molecular weight excluding hydrogens is 230 g/mol. The van der Waals surface area contributed by atoms with Crippen LogP contribution in [-0.2, 0) is 0 Å². The molecule has 1 aromatic rings. The second-order valence-corrected chi connectivity index (χ2v) is 5.31. The highest BCUT2D eigenvalue weighted by molar-refractivity contribution is 7.80. The molecule has 3 nitrogen and oxygen atoms in total. The van der Waals surface area contributed by atoms with Gasteiger partial charge in [-0.1, -0.05) is 18.6 Å². The van der Waals surface area contributed by atoms with Crippen molar-refractivity contribution in [3.63, 3.8) is 0 Å². The van der Waals surface area contributed by atoms with Gasteiger partial charge < -0.3 is 10.6 Å². The van der Waals surface area contributed by atoms with Crippen molar-refractivity contribution in [2.45, 2.75) is 26.2 Å². The molecule has 0 aliphatic heterocycles. The molecule has 1 heterocycles. The summed E-state index contributed by atoms with van der Waals surface area (Å²) in [6.45, 7) is 3.07. The zero-order valence-corrected chi connectivity index (χ0v) is 11.3. The van der Waals surface area contributed by atoms with Gasteiger partial charge in [-0.3, -0.25) is 0 Å². The number of nitrogens with zero attached hydrogens (tertiary/aromatic N) is 2. The normalized spacial score (nSPS) is 15.4. The van der Waals surface area contributed by atoms with Gasteiger partial charge in [0.15, 0.2) is 0 Å². The van der Waals surface area contributed by atoms with Gasteiger partial charge in [0.05, 0.1) is 5.56 Å². The molecule has 92 valence electrons. The monoisotopic (exact) mass is 249 g/mol. The lowest BCUT2D eigenvalue weighted by Gasteiger charge is -2.31. The Bertz CT molecular complexity index is 427. The largest absolute Gasteiger partial charge is 0.389 e. The summed E-state index contributed by atoms with van der Waals surface area (Å²) in [6.07, 6.45) is 5.85. The lowest BCUT2D eigenvalue weighted by molar-refractivity contribution is 0.321. The fraction of sp³-hybridized carbons (Fsp3) is 0.538. The van der Waals surface area contributed by atoms with Crippen LogP contribution in [0.2, 0.25) is 0 Å². The third-order valence-corrected chi connectivity index (χ3v) is 3.71. The lowest BCUT2D eigenvalue weighted by Crippen LogP contribution is -2.31. The fourth-order valence-corrected chi connectivity index (χ4v) is 2.54. The Balaban J connectivity index is 2.23. The first-order valence-electron chi connectivity index (χ1n) is 6.06. The van der Waals surface area contributed by atoms with Gasteiger partial charge >= 0.3 is 0 Å². The summed E-state index contributed by atoms with van der Waals surface area (Å²) >= 11 is 5.12. The van der Waals surface area contributed by atoms with Crippen LogP contribution in [0.4, 0.5) is 5.82 Å². The average molecular weight is 249 g/mol. The van der Waals surface area contributed by atoms with E-state index in [2.05, 4.69) is 16.9 Å². The SMILES string of the molecule is Cc1ccnc(N(C)CC2CCC2)c1C(N)=S. The smallest absolute Gasteiger partial charge is 0.138 e. The first-order valence-corrected chi connectivity index (χ1v) is 6.47. The van der Waals surface area contributed by atoms with Crippen LogP contribution in [-0.4, -0.2) is 23.6 Å². The van der Waals surface area contributed by atoms with Crippen molar-refractivity contribution < 1.29 is 0 Å². The minimum atomic E-state index is 0.436. The highest BCUT2D eigenvalue weighted by atomic mass is 32.1. The van der Waals surface area contributed by atoms with Gasteiger partial charge in [-0.15, -0.1) is 0 Å². The van der Waals surface area contributed by atoms with E-state index < -0.39 is 0 Å². The molecular formula is C13H19N3S. The van der Waals surface area contributed by atoms with E-state index in [1.165, 1.54) is 19.3 Å². The van der Waals surface area contributed by atoms with E-state index >= 15 is 0 Å². The highest BCUT2D eigenvalue weighted by Gasteiger charge is 2.21.